The Labute approximate surface area is 728 Å². The molecule has 0 saturated heterocycles. The van der Waals surface area contributed by atoms with Gasteiger partial charge in [-0.05, 0) is 237 Å². The van der Waals surface area contributed by atoms with E-state index in [-0.39, 0.29) is 54.9 Å². The summed E-state index contributed by atoms with van der Waals surface area (Å²) in [5, 5.41) is -1.25. The Balaban J connectivity index is 1.05. The predicted molar refractivity (Wildman–Crippen MR) is 509 cm³/mol. The Morgan fingerprint density at radius 2 is 0.521 bits per heavy atom. The molecule has 0 aliphatic carbocycles. The topological polar surface area (TPSA) is 16.3 Å². The van der Waals surface area contributed by atoms with Crippen LogP contribution in [0, 0.1) is 0 Å². The van der Waals surface area contributed by atoms with Crippen LogP contribution in [0.5, 0.6) is 0 Å². The van der Waals surface area contributed by atoms with E-state index >= 15 is 0 Å². The molecule has 19 aromatic rings. The van der Waals surface area contributed by atoms with Crippen LogP contribution in [-0.4, -0.2) is 15.8 Å². The standard InChI is InChI=1S/C114H91BN4/c1-112(2,3)86-66-95(78-44-24-14-25-45-78)110(96(67-86)79-46-26-15-27-47-79)118-105-72-89(116-101-52-32-28-48-91(101)92-49-29-33-53-102(92)116)56-58-99(105)115-100-59-57-90(117-103-54-34-30-50-93(103)94-51-31-35-55-104(94)117)73-106(100)119(108-71-88(114(7,8)9)70-107(118)109(108)115)111-97(84-62-80(74-36-16-10-17-37-74)60-81(63-84)75-38-18-11-19-39-75)68-87(113(4,5)6)69-98(111)85-64-82(76-40-20-12-21-41-76)61-83(65-85)77-42-22-13-23-43-77/h10-73H,1-9H3/i28D,29D,30D,31D,32D,34D,35D,48D,49D,50D,51D,52D,53D,54D,55D,56D,57D,58D,59D,72D,73D. The van der Waals surface area contributed by atoms with Gasteiger partial charge in [-0.25, -0.2) is 0 Å². The molecule has 2 aromatic heterocycles. The van der Waals surface area contributed by atoms with Crippen molar-refractivity contribution in [2.75, 3.05) is 9.80 Å². The predicted octanol–water partition coefficient (Wildman–Crippen LogP) is 29.2. The van der Waals surface area contributed by atoms with Crippen molar-refractivity contribution in [2.24, 2.45) is 0 Å². The summed E-state index contributed by atoms with van der Waals surface area (Å²) >= 11 is 0. The molecule has 2 aliphatic heterocycles. The van der Waals surface area contributed by atoms with Crippen LogP contribution in [0.15, 0.2) is 388 Å². The zero-order valence-corrected chi connectivity index (χ0v) is 67.2. The Kier molecular flexibility index (Phi) is 12.7. The Hall–Kier alpha value is -14.0. The van der Waals surface area contributed by atoms with Gasteiger partial charge in [0.1, 0.15) is 0 Å². The number of benzene rings is 17. The van der Waals surface area contributed by atoms with Gasteiger partial charge in [-0.15, -0.1) is 0 Å². The highest BCUT2D eigenvalue weighted by Crippen LogP contribution is 2.57. The third kappa shape index (κ3) is 12.5. The van der Waals surface area contributed by atoms with E-state index in [1.54, 1.807) is 0 Å². The van der Waals surface area contributed by atoms with Crippen molar-refractivity contribution in [3.05, 3.63) is 404 Å². The van der Waals surface area contributed by atoms with Crippen LogP contribution in [0.3, 0.4) is 0 Å². The highest BCUT2D eigenvalue weighted by Gasteiger charge is 2.47. The molecular formula is C114H91BN4. The van der Waals surface area contributed by atoms with Crippen LogP contribution in [0.4, 0.5) is 34.1 Å². The van der Waals surface area contributed by atoms with E-state index in [4.69, 9.17) is 0 Å². The molecule has 0 spiro atoms. The number of nitrogens with zero attached hydrogens (tertiary/aromatic N) is 4. The molecule has 4 heterocycles. The molecule has 0 amide bonds. The molecule has 0 bridgehead atoms. The highest BCUT2D eigenvalue weighted by atomic mass is 15.2. The number of hydrogen-bond donors (Lipinski definition) is 0. The van der Waals surface area contributed by atoms with Crippen LogP contribution < -0.4 is 26.2 Å². The third-order valence-corrected chi connectivity index (χ3v) is 23.5. The van der Waals surface area contributed by atoms with Crippen molar-refractivity contribution >= 4 is 101 Å². The largest absolute Gasteiger partial charge is 0.310 e. The molecule has 0 N–H and O–H groups in total. The van der Waals surface area contributed by atoms with Gasteiger partial charge in [0.15, 0.2) is 0 Å². The van der Waals surface area contributed by atoms with E-state index in [1.165, 1.54) is 4.57 Å². The summed E-state index contributed by atoms with van der Waals surface area (Å²) in [5.74, 6) is 0. The van der Waals surface area contributed by atoms with Crippen LogP contribution in [0.2, 0.25) is 0 Å². The number of rotatable bonds is 12. The first kappa shape index (κ1) is 53.3. The molecule has 0 radical (unpaired) electrons. The molecule has 21 rings (SSSR count). The zero-order valence-electron chi connectivity index (χ0n) is 88.2. The summed E-state index contributed by atoms with van der Waals surface area (Å²) in [6.45, 7) is 17.2. The molecule has 119 heavy (non-hydrogen) atoms. The molecule has 0 fully saturated rings. The van der Waals surface area contributed by atoms with Gasteiger partial charge in [0.2, 0.25) is 0 Å². The van der Waals surface area contributed by atoms with Gasteiger partial charge in [-0.2, -0.15) is 0 Å². The summed E-state index contributed by atoms with van der Waals surface area (Å²) < 4.78 is 218. The average Bonchev–Trinajstić information content (AvgIpc) is 0.779. The van der Waals surface area contributed by atoms with Crippen LogP contribution in [0.25, 0.3) is 144 Å². The molecular weight excluding hydrogens is 1440 g/mol. The molecule has 2 aliphatic rings. The van der Waals surface area contributed by atoms with E-state index in [9.17, 15) is 28.8 Å². The Bertz CT molecular complexity index is 8150. The second-order valence-corrected chi connectivity index (χ2v) is 34.0. The van der Waals surface area contributed by atoms with Crippen molar-refractivity contribution in [3.63, 3.8) is 0 Å². The van der Waals surface area contributed by atoms with Gasteiger partial charge in [0.05, 0.1) is 62.2 Å². The van der Waals surface area contributed by atoms with Crippen LogP contribution in [0.1, 0.15) is 108 Å². The van der Waals surface area contributed by atoms with Gasteiger partial charge in [0.25, 0.3) is 6.71 Å². The first-order valence-electron chi connectivity index (χ1n) is 50.8. The number of aromatic nitrogens is 2. The quantitative estimate of drug-likeness (QED) is 0.113. The van der Waals surface area contributed by atoms with E-state index < -0.39 is 172 Å². The fraction of sp³-hybridized carbons (Fsp3) is 0.105. The summed E-state index contributed by atoms with van der Waals surface area (Å²) in [6, 6.07) is 72.1. The zero-order chi connectivity index (χ0) is 98.9. The monoisotopic (exact) mass is 1550 g/mol. The van der Waals surface area contributed by atoms with Crippen molar-refractivity contribution in [3.8, 4) is 100 Å². The van der Waals surface area contributed by atoms with Crippen molar-refractivity contribution in [1.29, 1.82) is 0 Å². The second-order valence-electron chi connectivity index (χ2n) is 34.0. The maximum Gasteiger partial charge on any atom is 0.252 e. The van der Waals surface area contributed by atoms with Crippen molar-refractivity contribution in [2.45, 2.75) is 78.6 Å². The van der Waals surface area contributed by atoms with Gasteiger partial charge in [0, 0.05) is 77.9 Å². The smallest absolute Gasteiger partial charge is 0.252 e. The second kappa shape index (κ2) is 28.4. The number of fused-ring (bicyclic) bond motifs is 10. The lowest BCUT2D eigenvalue weighted by Gasteiger charge is -2.47. The van der Waals surface area contributed by atoms with Crippen LogP contribution >= 0.6 is 0 Å². The minimum Gasteiger partial charge on any atom is -0.310 e. The molecule has 0 saturated carbocycles. The summed E-state index contributed by atoms with van der Waals surface area (Å²) in [4.78, 5) is 3.92. The number of hydrogen-bond acceptors (Lipinski definition) is 2. The van der Waals surface area contributed by atoms with Gasteiger partial charge >= 0.3 is 0 Å². The van der Waals surface area contributed by atoms with E-state index in [1.807, 2.05) is 204 Å². The van der Waals surface area contributed by atoms with Gasteiger partial charge in [-0.1, -0.05) is 329 Å². The minimum absolute atomic E-state index is 0.137. The van der Waals surface area contributed by atoms with E-state index in [2.05, 4.69) is 123 Å². The highest BCUT2D eigenvalue weighted by molar-refractivity contribution is 7.00. The fourth-order valence-electron chi connectivity index (χ4n) is 17.5. The summed E-state index contributed by atoms with van der Waals surface area (Å²) in [5.41, 5.74) is 10.3. The summed E-state index contributed by atoms with van der Waals surface area (Å²) in [7, 11) is 0. The number of anilines is 6. The first-order valence-corrected chi connectivity index (χ1v) is 40.3. The maximum atomic E-state index is 12.3. The van der Waals surface area contributed by atoms with Crippen LogP contribution in [-0.2, 0) is 16.2 Å². The molecule has 570 valence electrons. The third-order valence-electron chi connectivity index (χ3n) is 23.5. The molecule has 17 aromatic carbocycles. The number of para-hydroxylation sites is 4. The van der Waals surface area contributed by atoms with E-state index in [0.717, 1.165) is 66.3 Å². The average molecular weight is 1550 g/mol. The lowest BCUT2D eigenvalue weighted by atomic mass is 9.33. The molecule has 4 nitrogen and oxygen atoms in total. The molecule has 0 unspecified atom stereocenters. The van der Waals surface area contributed by atoms with Gasteiger partial charge < -0.3 is 18.9 Å². The Morgan fingerprint density at radius 1 is 0.244 bits per heavy atom. The van der Waals surface area contributed by atoms with Crippen molar-refractivity contribution in [1.82, 2.24) is 9.13 Å². The van der Waals surface area contributed by atoms with Crippen molar-refractivity contribution < 1.29 is 28.8 Å². The molecule has 5 heteroatoms. The lowest BCUT2D eigenvalue weighted by Crippen LogP contribution is -2.61. The van der Waals surface area contributed by atoms with Gasteiger partial charge in [-0.3, -0.25) is 0 Å². The first-order chi connectivity index (χ1) is 66.7. The minimum atomic E-state index is -1.69. The van der Waals surface area contributed by atoms with E-state index in [0.29, 0.717) is 78.3 Å². The Morgan fingerprint density at radius 3 is 0.849 bits per heavy atom. The summed E-state index contributed by atoms with van der Waals surface area (Å²) in [6.07, 6.45) is 0. The SMILES string of the molecule is [2H]c1cc([2H])c2c(c1[2H])c1c([2H])c([2H])c([2H])c([2H])c1n2-c1c([2H])c([2H])c2c(c1[2H])N(c1c(-c3ccccc3)cc(C(C)(C)C)cc1-c1ccccc1)c1cc(C(C)(C)C)cc3c1B2c1c([2H])c([2H])c(-n2c4c([2H])c([2H])c([2H])c([2H])c4c4c([2H])c([2H])c([2H])c([2H])c42)c([2H])c1N3c1c(-c2cc(-c3ccccc3)cc(-c3ccccc3)c2)cc(C(C)(C)C)cc1-c1cc(-c2ccccc2)cc(-c2ccccc2)c1. The fourth-order valence-corrected chi connectivity index (χ4v) is 17.5. The molecule has 0 atom stereocenters. The maximum absolute atomic E-state index is 12.3. The normalized spacial score (nSPS) is 15.2. The lowest BCUT2D eigenvalue weighted by molar-refractivity contribution is 0.590.